The van der Waals surface area contributed by atoms with Gasteiger partial charge >= 0.3 is 5.97 Å². The molecule has 1 aromatic rings. The van der Waals surface area contributed by atoms with Crippen molar-refractivity contribution in [2.45, 2.75) is 19.1 Å². The first-order valence-corrected chi connectivity index (χ1v) is 6.25. The number of hydrogen-bond acceptors (Lipinski definition) is 4. The molecular formula is C12H14O4S. The molecule has 0 aliphatic carbocycles. The average Bonchev–Trinajstić information content (AvgIpc) is 2.95. The van der Waals surface area contributed by atoms with E-state index in [1.54, 1.807) is 17.4 Å². The SMILES string of the molecule is O=C(O)C=Cc1ccc(COC2CCOC2)s1. The lowest BCUT2D eigenvalue weighted by Crippen LogP contribution is -2.11. The van der Waals surface area contributed by atoms with Crippen LogP contribution in [-0.2, 0) is 20.9 Å². The third kappa shape index (κ3) is 3.96. The second kappa shape index (κ2) is 5.95. The summed E-state index contributed by atoms with van der Waals surface area (Å²) in [5.41, 5.74) is 0. The molecule has 1 aliphatic heterocycles. The third-order valence-corrected chi connectivity index (χ3v) is 3.45. The number of carboxylic acid groups (broad SMARTS) is 1. The first kappa shape index (κ1) is 12.3. The Kier molecular flexibility index (Phi) is 4.30. The van der Waals surface area contributed by atoms with E-state index in [1.165, 1.54) is 0 Å². The van der Waals surface area contributed by atoms with Gasteiger partial charge in [-0.15, -0.1) is 11.3 Å². The molecule has 0 amide bonds. The summed E-state index contributed by atoms with van der Waals surface area (Å²) in [6.07, 6.45) is 3.89. The van der Waals surface area contributed by atoms with Crippen molar-refractivity contribution in [1.82, 2.24) is 0 Å². The Balaban J connectivity index is 1.83. The van der Waals surface area contributed by atoms with Gasteiger partial charge < -0.3 is 14.6 Å². The Hall–Kier alpha value is -1.17. The van der Waals surface area contributed by atoms with E-state index in [-0.39, 0.29) is 6.10 Å². The van der Waals surface area contributed by atoms with Gasteiger partial charge in [0.25, 0.3) is 0 Å². The van der Waals surface area contributed by atoms with Gasteiger partial charge in [0, 0.05) is 22.4 Å². The molecule has 1 aromatic heterocycles. The molecule has 0 spiro atoms. The zero-order valence-electron chi connectivity index (χ0n) is 9.30. The van der Waals surface area contributed by atoms with Crippen molar-refractivity contribution in [1.29, 1.82) is 0 Å². The van der Waals surface area contributed by atoms with Crippen LogP contribution in [0.25, 0.3) is 6.08 Å². The van der Waals surface area contributed by atoms with Gasteiger partial charge in [-0.1, -0.05) is 0 Å². The lowest BCUT2D eigenvalue weighted by Gasteiger charge is -2.07. The van der Waals surface area contributed by atoms with Crippen molar-refractivity contribution in [2.75, 3.05) is 13.2 Å². The zero-order valence-corrected chi connectivity index (χ0v) is 10.1. The Morgan fingerprint density at radius 2 is 2.53 bits per heavy atom. The van der Waals surface area contributed by atoms with Crippen molar-refractivity contribution in [3.63, 3.8) is 0 Å². The predicted octanol–water partition coefficient (Wildman–Crippen LogP) is 2.15. The smallest absolute Gasteiger partial charge is 0.328 e. The maximum Gasteiger partial charge on any atom is 0.328 e. The topological polar surface area (TPSA) is 55.8 Å². The van der Waals surface area contributed by atoms with Crippen LogP contribution in [0, 0.1) is 0 Å². The maximum atomic E-state index is 10.4. The highest BCUT2D eigenvalue weighted by Crippen LogP contribution is 2.20. The summed E-state index contributed by atoms with van der Waals surface area (Å²) in [7, 11) is 0. The summed E-state index contributed by atoms with van der Waals surface area (Å²) in [5, 5.41) is 8.51. The number of thiophene rings is 1. The van der Waals surface area contributed by atoms with E-state index in [9.17, 15) is 4.79 Å². The number of rotatable bonds is 5. The second-order valence-corrected chi connectivity index (χ2v) is 4.97. The lowest BCUT2D eigenvalue weighted by atomic mass is 10.3. The number of hydrogen-bond donors (Lipinski definition) is 1. The molecule has 1 unspecified atom stereocenters. The average molecular weight is 254 g/mol. The van der Waals surface area contributed by atoms with E-state index in [0.717, 1.165) is 28.9 Å². The van der Waals surface area contributed by atoms with Gasteiger partial charge in [-0.2, -0.15) is 0 Å². The number of ether oxygens (including phenoxy) is 2. The fourth-order valence-corrected chi connectivity index (χ4v) is 2.40. The Labute approximate surface area is 103 Å². The van der Waals surface area contributed by atoms with E-state index >= 15 is 0 Å². The van der Waals surface area contributed by atoms with Gasteiger partial charge in [-0.05, 0) is 24.6 Å². The Morgan fingerprint density at radius 1 is 1.65 bits per heavy atom. The van der Waals surface area contributed by atoms with E-state index in [1.807, 2.05) is 12.1 Å². The number of carbonyl (C=O) groups is 1. The van der Waals surface area contributed by atoms with Crippen LogP contribution in [0.4, 0.5) is 0 Å². The van der Waals surface area contributed by atoms with Crippen molar-refractivity contribution >= 4 is 23.4 Å². The molecule has 4 nitrogen and oxygen atoms in total. The predicted molar refractivity (Wildman–Crippen MR) is 65.0 cm³/mol. The molecule has 5 heteroatoms. The highest BCUT2D eigenvalue weighted by Gasteiger charge is 2.15. The second-order valence-electron chi connectivity index (χ2n) is 3.77. The van der Waals surface area contributed by atoms with Gasteiger partial charge in [0.15, 0.2) is 0 Å². The van der Waals surface area contributed by atoms with Crippen LogP contribution in [0.15, 0.2) is 18.2 Å². The molecule has 2 heterocycles. The van der Waals surface area contributed by atoms with E-state index in [4.69, 9.17) is 14.6 Å². The highest BCUT2D eigenvalue weighted by atomic mass is 32.1. The molecule has 0 bridgehead atoms. The van der Waals surface area contributed by atoms with Crippen LogP contribution >= 0.6 is 11.3 Å². The molecule has 2 rings (SSSR count). The van der Waals surface area contributed by atoms with Crippen LogP contribution in [0.2, 0.25) is 0 Å². The molecule has 1 atom stereocenters. The van der Waals surface area contributed by atoms with Crippen LogP contribution in [-0.4, -0.2) is 30.4 Å². The maximum absolute atomic E-state index is 10.4. The van der Waals surface area contributed by atoms with E-state index in [2.05, 4.69) is 0 Å². The molecule has 1 saturated heterocycles. The lowest BCUT2D eigenvalue weighted by molar-refractivity contribution is -0.131. The third-order valence-electron chi connectivity index (χ3n) is 2.42. The Morgan fingerprint density at radius 3 is 3.24 bits per heavy atom. The minimum atomic E-state index is -0.931. The molecule has 0 radical (unpaired) electrons. The number of carboxylic acids is 1. The molecule has 1 fully saturated rings. The summed E-state index contributed by atoms with van der Waals surface area (Å²) in [6.45, 7) is 2.03. The van der Waals surface area contributed by atoms with Gasteiger partial charge in [0.1, 0.15) is 0 Å². The van der Waals surface area contributed by atoms with Crippen molar-refractivity contribution in [2.24, 2.45) is 0 Å². The van der Waals surface area contributed by atoms with Gasteiger partial charge in [0.05, 0.1) is 19.3 Å². The van der Waals surface area contributed by atoms with Crippen LogP contribution < -0.4 is 0 Å². The van der Waals surface area contributed by atoms with Crippen molar-refractivity contribution < 1.29 is 19.4 Å². The van der Waals surface area contributed by atoms with Gasteiger partial charge in [-0.25, -0.2) is 4.79 Å². The van der Waals surface area contributed by atoms with E-state index in [0.29, 0.717) is 13.2 Å². The fourth-order valence-electron chi connectivity index (χ4n) is 1.56. The zero-order chi connectivity index (χ0) is 12.1. The summed E-state index contributed by atoms with van der Waals surface area (Å²) in [5.74, 6) is -0.931. The first-order valence-electron chi connectivity index (χ1n) is 5.43. The van der Waals surface area contributed by atoms with Crippen LogP contribution in [0.3, 0.4) is 0 Å². The van der Waals surface area contributed by atoms with Gasteiger partial charge in [0.2, 0.25) is 0 Å². The summed E-state index contributed by atoms with van der Waals surface area (Å²) in [6, 6.07) is 3.86. The molecule has 1 aliphatic rings. The highest BCUT2D eigenvalue weighted by molar-refractivity contribution is 7.12. The summed E-state index contributed by atoms with van der Waals surface area (Å²) in [4.78, 5) is 12.4. The standard InChI is InChI=1S/C12H14O4S/c13-12(14)4-3-10-1-2-11(17-10)8-16-9-5-6-15-7-9/h1-4,9H,5-8H2,(H,13,14). The minimum absolute atomic E-state index is 0.204. The summed E-state index contributed by atoms with van der Waals surface area (Å²) < 4.78 is 10.9. The van der Waals surface area contributed by atoms with Gasteiger partial charge in [-0.3, -0.25) is 0 Å². The normalized spacial score (nSPS) is 20.1. The monoisotopic (exact) mass is 254 g/mol. The largest absolute Gasteiger partial charge is 0.478 e. The molecular weight excluding hydrogens is 240 g/mol. The molecule has 17 heavy (non-hydrogen) atoms. The van der Waals surface area contributed by atoms with Crippen LogP contribution in [0.5, 0.6) is 0 Å². The molecule has 92 valence electrons. The molecule has 1 N–H and O–H groups in total. The number of aliphatic carboxylic acids is 1. The van der Waals surface area contributed by atoms with Crippen molar-refractivity contribution in [3.05, 3.63) is 28.0 Å². The van der Waals surface area contributed by atoms with Crippen molar-refractivity contribution in [3.8, 4) is 0 Å². The molecule has 0 aromatic carbocycles. The minimum Gasteiger partial charge on any atom is -0.478 e. The fraction of sp³-hybridized carbons (Fsp3) is 0.417. The molecule has 0 saturated carbocycles. The quantitative estimate of drug-likeness (QED) is 0.818. The Bertz CT molecular complexity index is 404. The first-order chi connectivity index (χ1) is 8.24. The van der Waals surface area contributed by atoms with E-state index < -0.39 is 5.97 Å². The summed E-state index contributed by atoms with van der Waals surface area (Å²) >= 11 is 1.54. The van der Waals surface area contributed by atoms with Crippen LogP contribution in [0.1, 0.15) is 16.2 Å².